The van der Waals surface area contributed by atoms with Crippen molar-refractivity contribution in [3.63, 3.8) is 0 Å². The van der Waals surface area contributed by atoms with Gasteiger partial charge in [-0.3, -0.25) is 0 Å². The second-order valence-electron chi connectivity index (χ2n) is 12.4. The first-order valence-electron chi connectivity index (χ1n) is 15.8. The lowest BCUT2D eigenvalue weighted by molar-refractivity contribution is -0.0610. The molecule has 6 heteroatoms. The van der Waals surface area contributed by atoms with Crippen LogP contribution in [0, 0.1) is 17.1 Å². The molecule has 0 aromatic heterocycles. The number of nitriles is 1. The van der Waals surface area contributed by atoms with Gasteiger partial charge in [0.1, 0.15) is 17.0 Å². The van der Waals surface area contributed by atoms with E-state index in [0.29, 0.717) is 24.8 Å². The van der Waals surface area contributed by atoms with Gasteiger partial charge in [0, 0.05) is 6.04 Å². The fraction of sp³-hybridized carbons (Fsp3) is 0.359. The molecule has 4 aromatic carbocycles. The first kappa shape index (κ1) is 32.5. The zero-order chi connectivity index (χ0) is 32.0. The zero-order valence-electron chi connectivity index (χ0n) is 27.1. The Morgan fingerprint density at radius 1 is 0.800 bits per heavy atom. The van der Waals surface area contributed by atoms with Gasteiger partial charge in [-0.05, 0) is 112 Å². The highest BCUT2D eigenvalue weighted by molar-refractivity contribution is 5.48. The third kappa shape index (κ3) is 6.45. The Morgan fingerprint density at radius 2 is 1.49 bits per heavy atom. The van der Waals surface area contributed by atoms with Crippen LogP contribution in [0.4, 0.5) is 4.39 Å². The van der Waals surface area contributed by atoms with Crippen LogP contribution < -0.4 is 0 Å². The molecule has 5 nitrogen and oxygen atoms in total. The first-order valence-corrected chi connectivity index (χ1v) is 15.8. The lowest BCUT2D eigenvalue weighted by Gasteiger charge is -2.41. The number of likely N-dealkylation sites (N-methyl/N-ethyl adjacent to an activating group) is 1. The van der Waals surface area contributed by atoms with Crippen LogP contribution in [0.3, 0.4) is 0 Å². The quantitative estimate of drug-likeness (QED) is 0.197. The van der Waals surface area contributed by atoms with Crippen molar-refractivity contribution in [2.75, 3.05) is 34.7 Å². The molecule has 2 heterocycles. The van der Waals surface area contributed by atoms with Crippen molar-refractivity contribution in [1.82, 2.24) is 9.80 Å². The van der Waals surface area contributed by atoms with Crippen molar-refractivity contribution in [3.05, 3.63) is 142 Å². The van der Waals surface area contributed by atoms with Crippen molar-refractivity contribution in [3.8, 4) is 6.07 Å². The molecule has 0 amide bonds. The van der Waals surface area contributed by atoms with E-state index in [4.69, 9.17) is 14.7 Å². The molecule has 0 spiro atoms. The Labute approximate surface area is 267 Å². The fourth-order valence-electron chi connectivity index (χ4n) is 7.10. The molecule has 0 bridgehead atoms. The molecule has 45 heavy (non-hydrogen) atoms. The lowest BCUT2D eigenvalue weighted by Crippen LogP contribution is -2.48. The summed E-state index contributed by atoms with van der Waals surface area (Å²) in [6.07, 6.45) is 2.82. The largest absolute Gasteiger partial charge is 0.361 e. The average molecular weight is 606 g/mol. The molecule has 234 valence electrons. The predicted molar refractivity (Wildman–Crippen MR) is 177 cm³/mol. The van der Waals surface area contributed by atoms with Crippen molar-refractivity contribution < 1.29 is 13.9 Å². The molecule has 3 unspecified atom stereocenters. The summed E-state index contributed by atoms with van der Waals surface area (Å²) in [6, 6.07) is 34.0. The smallest absolute Gasteiger partial charge is 0.134 e. The summed E-state index contributed by atoms with van der Waals surface area (Å²) < 4.78 is 26.1. The molecule has 0 radical (unpaired) electrons. The van der Waals surface area contributed by atoms with E-state index in [0.717, 1.165) is 42.5 Å². The van der Waals surface area contributed by atoms with Gasteiger partial charge in [-0.2, -0.15) is 5.26 Å². The van der Waals surface area contributed by atoms with E-state index in [1.165, 1.54) is 28.8 Å². The van der Waals surface area contributed by atoms with E-state index >= 15 is 0 Å². The van der Waals surface area contributed by atoms with Gasteiger partial charge in [0.25, 0.3) is 0 Å². The van der Waals surface area contributed by atoms with Crippen LogP contribution in [0.1, 0.15) is 65.1 Å². The highest BCUT2D eigenvalue weighted by atomic mass is 19.1. The lowest BCUT2D eigenvalue weighted by atomic mass is 9.78. The molecule has 0 saturated carbocycles. The molecule has 3 atom stereocenters. The molecule has 2 aliphatic heterocycles. The van der Waals surface area contributed by atoms with Gasteiger partial charge in [0.05, 0.1) is 24.8 Å². The van der Waals surface area contributed by atoms with Crippen molar-refractivity contribution in [1.29, 1.82) is 5.26 Å². The van der Waals surface area contributed by atoms with Crippen LogP contribution in [0.5, 0.6) is 0 Å². The Kier molecular flexibility index (Phi) is 10.2. The van der Waals surface area contributed by atoms with Crippen LogP contribution in [0.25, 0.3) is 0 Å². The zero-order valence-corrected chi connectivity index (χ0v) is 27.1. The molecule has 0 saturated heterocycles. The highest BCUT2D eigenvalue weighted by Gasteiger charge is 2.48. The Hall–Kier alpha value is -3.86. The number of nitrogens with zero attached hydrogens (tertiary/aromatic N) is 3. The number of benzene rings is 4. The minimum absolute atomic E-state index is 0.250. The first-order chi connectivity index (χ1) is 21.7. The second kappa shape index (κ2) is 14.1. The third-order valence-corrected chi connectivity index (χ3v) is 9.14. The molecule has 4 aromatic rings. The van der Waals surface area contributed by atoms with Crippen LogP contribution in [0.2, 0.25) is 0 Å². The molecule has 2 aliphatic rings. The van der Waals surface area contributed by atoms with Crippen LogP contribution in [-0.2, 0) is 33.9 Å². The molecule has 6 rings (SSSR count). The van der Waals surface area contributed by atoms with Crippen molar-refractivity contribution >= 4 is 0 Å². The Morgan fingerprint density at radius 3 is 2.16 bits per heavy atom. The maximum absolute atomic E-state index is 13.4. The third-order valence-electron chi connectivity index (χ3n) is 9.14. The van der Waals surface area contributed by atoms with E-state index in [1.54, 1.807) is 12.1 Å². The Balaban J connectivity index is 0.000000179. The van der Waals surface area contributed by atoms with E-state index in [-0.39, 0.29) is 11.4 Å². The summed E-state index contributed by atoms with van der Waals surface area (Å²) in [5.41, 5.74) is 6.68. The van der Waals surface area contributed by atoms with Crippen LogP contribution in [0.15, 0.2) is 97.1 Å². The van der Waals surface area contributed by atoms with Gasteiger partial charge >= 0.3 is 0 Å². The number of ether oxygens (including phenoxy) is 2. The maximum atomic E-state index is 13.4. The molecular weight excluding hydrogens is 561 g/mol. The van der Waals surface area contributed by atoms with Gasteiger partial charge in [-0.15, -0.1) is 0 Å². The molecule has 0 N–H and O–H groups in total. The van der Waals surface area contributed by atoms with Gasteiger partial charge in [0.15, 0.2) is 0 Å². The fourth-order valence-corrected chi connectivity index (χ4v) is 7.10. The normalized spacial score (nSPS) is 20.7. The number of hydrogen-bond acceptors (Lipinski definition) is 5. The highest BCUT2D eigenvalue weighted by Crippen LogP contribution is 2.47. The number of hydrogen-bond donors (Lipinski definition) is 0. The summed E-state index contributed by atoms with van der Waals surface area (Å²) in [5, 5.41) is 9.11. The summed E-state index contributed by atoms with van der Waals surface area (Å²) in [5.74, 6) is -0.250. The van der Waals surface area contributed by atoms with Crippen molar-refractivity contribution in [2.45, 2.75) is 56.6 Å². The summed E-state index contributed by atoms with van der Waals surface area (Å²) in [6.45, 7) is 4.36. The minimum Gasteiger partial charge on any atom is -0.361 e. The summed E-state index contributed by atoms with van der Waals surface area (Å²) in [7, 11) is 8.38. The number of fused-ring (bicyclic) bond motifs is 2. The topological polar surface area (TPSA) is 48.7 Å². The van der Waals surface area contributed by atoms with Gasteiger partial charge in [-0.1, -0.05) is 79.7 Å². The average Bonchev–Trinajstić information content (AvgIpc) is 3.62. The van der Waals surface area contributed by atoms with Crippen LogP contribution >= 0.6 is 0 Å². The van der Waals surface area contributed by atoms with E-state index in [2.05, 4.69) is 91.5 Å². The molecular formula is C39H44FN3O2. The monoisotopic (exact) mass is 605 g/mol. The number of rotatable bonds is 9. The SMILES string of the molecule is CCC(N(C)C)C1(c2ccccc2)OCc2ccccc21.CN(C)CCCC1(c2ccc(F)cc2)OCc2cc(C#N)ccc21. The molecule has 0 fully saturated rings. The van der Waals surface area contributed by atoms with Gasteiger partial charge in [0.2, 0.25) is 0 Å². The molecule has 0 aliphatic carbocycles. The standard InChI is InChI=1S/C20H21FN2O.C19H23NO/c1-23(2)11-3-10-20(17-5-7-18(21)8-6-17)19-9-4-15(13-22)12-16(19)14-24-20;1-4-18(20(2)3)19(16-11-6-5-7-12-16)17-13-9-8-10-15(17)14-21-19/h4-9,12H,3,10-11,14H2,1-2H3;5-13,18H,4,14H2,1-3H3. The van der Waals surface area contributed by atoms with Crippen molar-refractivity contribution in [2.24, 2.45) is 0 Å². The summed E-state index contributed by atoms with van der Waals surface area (Å²) >= 11 is 0. The predicted octanol–water partition coefficient (Wildman–Crippen LogP) is 7.61. The van der Waals surface area contributed by atoms with Gasteiger partial charge in [-0.25, -0.2) is 4.39 Å². The van der Waals surface area contributed by atoms with E-state index in [1.807, 2.05) is 32.3 Å². The van der Waals surface area contributed by atoms with E-state index in [9.17, 15) is 4.39 Å². The minimum atomic E-state index is -0.562. The number of halogens is 1. The van der Waals surface area contributed by atoms with Gasteiger partial charge < -0.3 is 19.3 Å². The summed E-state index contributed by atoms with van der Waals surface area (Å²) in [4.78, 5) is 4.43. The second-order valence-corrected chi connectivity index (χ2v) is 12.4. The Bertz CT molecular complexity index is 1620. The van der Waals surface area contributed by atoms with E-state index < -0.39 is 5.60 Å². The maximum Gasteiger partial charge on any atom is 0.134 e. The van der Waals surface area contributed by atoms with Crippen LogP contribution in [-0.4, -0.2) is 50.6 Å².